The van der Waals surface area contributed by atoms with Crippen LogP contribution in [0.4, 0.5) is 11.4 Å². The predicted molar refractivity (Wildman–Crippen MR) is 69.0 cm³/mol. The fourth-order valence-corrected chi connectivity index (χ4v) is 2.16. The molecule has 0 aliphatic carbocycles. The number of aliphatic carboxylic acids is 1. The molecule has 2 rings (SSSR count). The molecule has 1 aliphatic heterocycles. The number of anilines is 2. The molecule has 0 spiro atoms. The van der Waals surface area contributed by atoms with Crippen LogP contribution in [0.1, 0.15) is 12.8 Å². The zero-order valence-electron chi connectivity index (χ0n) is 9.45. The van der Waals surface area contributed by atoms with Crippen LogP contribution >= 0.6 is 11.6 Å². The lowest BCUT2D eigenvalue weighted by molar-refractivity contribution is -0.136. The number of hydrogen-bond donors (Lipinski definition) is 2. The van der Waals surface area contributed by atoms with Crippen LogP contribution in [-0.2, 0) is 4.79 Å². The van der Waals surface area contributed by atoms with E-state index in [1.165, 1.54) is 0 Å². The highest BCUT2D eigenvalue weighted by Gasteiger charge is 2.15. The van der Waals surface area contributed by atoms with Crippen molar-refractivity contribution in [3.05, 3.63) is 23.2 Å². The summed E-state index contributed by atoms with van der Waals surface area (Å²) in [5, 5.41) is 12.7. The molecule has 0 saturated heterocycles. The third-order valence-corrected chi connectivity index (χ3v) is 3.05. The summed E-state index contributed by atoms with van der Waals surface area (Å²) in [5.41, 5.74) is 2.02. The molecule has 0 bridgehead atoms. The van der Waals surface area contributed by atoms with Crippen LogP contribution in [0.3, 0.4) is 0 Å². The van der Waals surface area contributed by atoms with Gasteiger partial charge >= 0.3 is 5.97 Å². The average molecular weight is 255 g/mol. The Morgan fingerprint density at radius 3 is 3.12 bits per heavy atom. The third kappa shape index (κ3) is 3.03. The SMILES string of the molecule is O=C(O)CCN1CCCNc2ccc(Cl)cc21. The number of nitrogens with zero attached hydrogens (tertiary/aromatic N) is 1. The van der Waals surface area contributed by atoms with Gasteiger partial charge in [-0.2, -0.15) is 0 Å². The lowest BCUT2D eigenvalue weighted by atomic mass is 10.2. The molecule has 1 aliphatic rings. The summed E-state index contributed by atoms with van der Waals surface area (Å²) in [4.78, 5) is 12.7. The van der Waals surface area contributed by atoms with E-state index < -0.39 is 5.97 Å². The molecule has 2 N–H and O–H groups in total. The number of carbonyl (C=O) groups is 1. The van der Waals surface area contributed by atoms with Gasteiger partial charge in [-0.1, -0.05) is 11.6 Å². The van der Waals surface area contributed by atoms with Crippen molar-refractivity contribution in [2.24, 2.45) is 0 Å². The minimum atomic E-state index is -0.772. The van der Waals surface area contributed by atoms with Crippen molar-refractivity contribution < 1.29 is 9.90 Å². The maximum Gasteiger partial charge on any atom is 0.305 e. The van der Waals surface area contributed by atoms with Crippen LogP contribution in [0.2, 0.25) is 5.02 Å². The van der Waals surface area contributed by atoms with Crippen molar-refractivity contribution in [2.45, 2.75) is 12.8 Å². The standard InChI is InChI=1S/C12H15ClN2O2/c13-9-2-3-10-11(8-9)15(6-1-5-14-10)7-4-12(16)17/h2-3,8,14H,1,4-7H2,(H,16,17). The van der Waals surface area contributed by atoms with E-state index in [9.17, 15) is 4.79 Å². The quantitative estimate of drug-likeness (QED) is 0.870. The fraction of sp³-hybridized carbons (Fsp3) is 0.417. The van der Waals surface area contributed by atoms with Crippen LogP contribution in [0, 0.1) is 0 Å². The van der Waals surface area contributed by atoms with Gasteiger partial charge in [-0.15, -0.1) is 0 Å². The van der Waals surface area contributed by atoms with Crippen LogP contribution in [0.5, 0.6) is 0 Å². The smallest absolute Gasteiger partial charge is 0.305 e. The first-order chi connectivity index (χ1) is 8.16. The van der Waals surface area contributed by atoms with Crippen molar-refractivity contribution in [3.8, 4) is 0 Å². The molecule has 17 heavy (non-hydrogen) atoms. The van der Waals surface area contributed by atoms with Gasteiger partial charge in [0.15, 0.2) is 0 Å². The van der Waals surface area contributed by atoms with Crippen LogP contribution in [-0.4, -0.2) is 30.7 Å². The van der Waals surface area contributed by atoms with Crippen LogP contribution < -0.4 is 10.2 Å². The Balaban J connectivity index is 2.22. The number of fused-ring (bicyclic) bond motifs is 1. The van der Waals surface area contributed by atoms with E-state index in [4.69, 9.17) is 16.7 Å². The highest BCUT2D eigenvalue weighted by Crippen LogP contribution is 2.31. The summed E-state index contributed by atoms with van der Waals surface area (Å²) in [6.07, 6.45) is 1.14. The molecule has 0 fully saturated rings. The Hall–Kier alpha value is -1.42. The molecule has 0 radical (unpaired) electrons. The topological polar surface area (TPSA) is 52.6 Å². The Morgan fingerprint density at radius 1 is 1.53 bits per heavy atom. The molecule has 0 amide bonds. The maximum absolute atomic E-state index is 10.6. The maximum atomic E-state index is 10.6. The van der Waals surface area contributed by atoms with Gasteiger partial charge in [-0.05, 0) is 24.6 Å². The van der Waals surface area contributed by atoms with Crippen LogP contribution in [0.25, 0.3) is 0 Å². The number of carboxylic acid groups (broad SMARTS) is 1. The van der Waals surface area contributed by atoms with Crippen molar-refractivity contribution in [2.75, 3.05) is 29.9 Å². The van der Waals surface area contributed by atoms with Gasteiger partial charge in [-0.3, -0.25) is 4.79 Å². The molecule has 0 aromatic heterocycles. The number of hydrogen-bond acceptors (Lipinski definition) is 3. The Morgan fingerprint density at radius 2 is 2.35 bits per heavy atom. The van der Waals surface area contributed by atoms with Gasteiger partial charge in [0, 0.05) is 24.7 Å². The van der Waals surface area contributed by atoms with E-state index in [2.05, 4.69) is 10.2 Å². The molecule has 4 nitrogen and oxygen atoms in total. The predicted octanol–water partition coefficient (Wildman–Crippen LogP) is 2.44. The molecule has 1 aromatic rings. The van der Waals surface area contributed by atoms with Gasteiger partial charge in [0.25, 0.3) is 0 Å². The summed E-state index contributed by atoms with van der Waals surface area (Å²) in [5.74, 6) is -0.772. The summed E-state index contributed by atoms with van der Waals surface area (Å²) < 4.78 is 0. The number of halogens is 1. The minimum absolute atomic E-state index is 0.145. The highest BCUT2D eigenvalue weighted by atomic mass is 35.5. The Bertz CT molecular complexity index is 423. The molecule has 0 unspecified atom stereocenters. The van der Waals surface area contributed by atoms with E-state index in [1.54, 1.807) is 0 Å². The molecule has 1 aromatic carbocycles. The largest absolute Gasteiger partial charge is 0.481 e. The van der Waals surface area contributed by atoms with E-state index in [-0.39, 0.29) is 6.42 Å². The summed E-state index contributed by atoms with van der Waals surface area (Å²) in [6, 6.07) is 5.67. The van der Waals surface area contributed by atoms with E-state index in [1.807, 2.05) is 18.2 Å². The number of rotatable bonds is 3. The molecule has 0 atom stereocenters. The molecule has 92 valence electrons. The van der Waals surface area contributed by atoms with E-state index >= 15 is 0 Å². The van der Waals surface area contributed by atoms with Crippen LogP contribution in [0.15, 0.2) is 18.2 Å². The van der Waals surface area contributed by atoms with Gasteiger partial charge in [0.1, 0.15) is 0 Å². The third-order valence-electron chi connectivity index (χ3n) is 2.82. The number of nitrogens with one attached hydrogen (secondary N) is 1. The second-order valence-corrected chi connectivity index (χ2v) is 4.51. The first-order valence-electron chi connectivity index (χ1n) is 5.67. The Kier molecular flexibility index (Phi) is 3.74. The van der Waals surface area contributed by atoms with Crippen molar-refractivity contribution in [1.82, 2.24) is 0 Å². The first kappa shape index (κ1) is 12.0. The summed E-state index contributed by atoms with van der Waals surface area (Å²) >= 11 is 5.99. The molecule has 5 heteroatoms. The van der Waals surface area contributed by atoms with Gasteiger partial charge < -0.3 is 15.3 Å². The van der Waals surface area contributed by atoms with E-state index in [0.717, 1.165) is 30.9 Å². The van der Waals surface area contributed by atoms with Gasteiger partial charge in [-0.25, -0.2) is 0 Å². The van der Waals surface area contributed by atoms with Crippen molar-refractivity contribution in [3.63, 3.8) is 0 Å². The lowest BCUT2D eigenvalue weighted by Crippen LogP contribution is -2.26. The monoisotopic (exact) mass is 254 g/mol. The minimum Gasteiger partial charge on any atom is -0.481 e. The zero-order valence-corrected chi connectivity index (χ0v) is 10.2. The van der Waals surface area contributed by atoms with Gasteiger partial charge in [0.2, 0.25) is 0 Å². The number of carboxylic acids is 1. The first-order valence-corrected chi connectivity index (χ1v) is 6.05. The van der Waals surface area contributed by atoms with Crippen molar-refractivity contribution >= 4 is 28.9 Å². The molecular weight excluding hydrogens is 240 g/mol. The molecular formula is C12H15ClN2O2. The van der Waals surface area contributed by atoms with Crippen molar-refractivity contribution in [1.29, 1.82) is 0 Å². The summed E-state index contributed by atoms with van der Waals surface area (Å²) in [7, 11) is 0. The highest BCUT2D eigenvalue weighted by molar-refractivity contribution is 6.31. The van der Waals surface area contributed by atoms with Gasteiger partial charge in [0.05, 0.1) is 17.8 Å². The summed E-state index contributed by atoms with van der Waals surface area (Å²) in [6.45, 7) is 2.27. The Labute approximate surface area is 105 Å². The molecule has 1 heterocycles. The molecule has 0 saturated carbocycles. The number of benzene rings is 1. The zero-order chi connectivity index (χ0) is 12.3. The second kappa shape index (κ2) is 5.27. The normalized spacial score (nSPS) is 14.8. The van der Waals surface area contributed by atoms with E-state index in [0.29, 0.717) is 11.6 Å². The lowest BCUT2D eigenvalue weighted by Gasteiger charge is -2.23. The second-order valence-electron chi connectivity index (χ2n) is 4.07. The fourth-order valence-electron chi connectivity index (χ4n) is 1.99. The average Bonchev–Trinajstić information content (AvgIpc) is 2.48.